The Balaban J connectivity index is 0.000000293. The predicted octanol–water partition coefficient (Wildman–Crippen LogP) is 3.66. The molecule has 4 atom stereocenters. The first-order valence-electron chi connectivity index (χ1n) is 12.9. The zero-order chi connectivity index (χ0) is 28.5. The lowest BCUT2D eigenvalue weighted by atomic mass is 9.85. The van der Waals surface area contributed by atoms with Crippen molar-refractivity contribution in [2.45, 2.75) is 77.2 Å². The number of hydrogen-bond donors (Lipinski definition) is 1. The van der Waals surface area contributed by atoms with E-state index in [2.05, 4.69) is 59.2 Å². The fourth-order valence-corrected chi connectivity index (χ4v) is 5.88. The summed E-state index contributed by atoms with van der Waals surface area (Å²) in [6.45, 7) is 14.7. The Morgan fingerprint density at radius 3 is 1.92 bits per heavy atom. The van der Waals surface area contributed by atoms with E-state index >= 15 is 0 Å². The van der Waals surface area contributed by atoms with Gasteiger partial charge in [-0.1, -0.05) is 58.4 Å². The average molecular weight is 577 g/mol. The van der Waals surface area contributed by atoms with Gasteiger partial charge in [0.15, 0.2) is 0 Å². The standard InChI is InChI=1S/C16H23BN2O2S2.C10H18BNO2S/c1-16(2,3)12-10-19(11-13(17)21-12)15(20)7-9-22-23-14-6-4-5-8-18-14;1-10(2,3)7-4-12(9(13)6-15)5-8(11)14-7/h4-6,8,12-13H,7,9-11H2,1-3H3;7-8,15H,4-6H2,1-3H3. The van der Waals surface area contributed by atoms with Crippen molar-refractivity contribution >= 4 is 61.7 Å². The molecule has 7 nitrogen and oxygen atoms in total. The van der Waals surface area contributed by atoms with Gasteiger partial charge in [0.2, 0.25) is 11.8 Å². The van der Waals surface area contributed by atoms with Crippen molar-refractivity contribution in [2.75, 3.05) is 37.7 Å². The molecule has 2 saturated heterocycles. The molecule has 4 radical (unpaired) electrons. The number of rotatable bonds is 6. The maximum absolute atomic E-state index is 12.4. The number of thiol groups is 1. The lowest BCUT2D eigenvalue weighted by molar-refractivity contribution is -0.146. The number of morpholine rings is 2. The van der Waals surface area contributed by atoms with Crippen LogP contribution in [0.2, 0.25) is 0 Å². The molecule has 2 aliphatic heterocycles. The molecule has 1 aromatic rings. The van der Waals surface area contributed by atoms with Crippen molar-refractivity contribution < 1.29 is 19.1 Å². The molecule has 1 aromatic heterocycles. The Labute approximate surface area is 244 Å². The van der Waals surface area contributed by atoms with E-state index in [9.17, 15) is 9.59 Å². The summed E-state index contributed by atoms with van der Waals surface area (Å²) >= 11 is 3.98. The van der Waals surface area contributed by atoms with Crippen LogP contribution >= 0.6 is 34.2 Å². The third-order valence-corrected chi connectivity index (χ3v) is 8.74. The second kappa shape index (κ2) is 15.3. The van der Waals surface area contributed by atoms with Crippen molar-refractivity contribution in [1.29, 1.82) is 0 Å². The summed E-state index contributed by atoms with van der Waals surface area (Å²) in [5, 5.41) is 0.964. The fourth-order valence-electron chi connectivity index (χ4n) is 3.83. The normalized spacial score (nSPS) is 24.4. The van der Waals surface area contributed by atoms with Gasteiger partial charge in [-0.15, -0.1) is 0 Å². The summed E-state index contributed by atoms with van der Waals surface area (Å²) in [6.07, 6.45) is 2.25. The number of ether oxygens (including phenoxy) is 2. The monoisotopic (exact) mass is 577 g/mol. The van der Waals surface area contributed by atoms with E-state index in [1.54, 1.807) is 32.7 Å². The molecule has 0 aliphatic carbocycles. The number of hydrogen-bond acceptors (Lipinski definition) is 8. The highest BCUT2D eigenvalue weighted by Gasteiger charge is 2.35. The summed E-state index contributed by atoms with van der Waals surface area (Å²) in [4.78, 5) is 31.7. The molecule has 3 rings (SSSR count). The predicted molar refractivity (Wildman–Crippen MR) is 162 cm³/mol. The highest BCUT2D eigenvalue weighted by molar-refractivity contribution is 8.76. The Bertz CT molecular complexity index is 887. The molecule has 38 heavy (non-hydrogen) atoms. The Morgan fingerprint density at radius 2 is 1.47 bits per heavy atom. The first-order chi connectivity index (χ1) is 17.7. The van der Waals surface area contributed by atoms with Crippen LogP contribution < -0.4 is 0 Å². The molecule has 0 N–H and O–H groups in total. The van der Waals surface area contributed by atoms with Crippen LogP contribution in [0, 0.1) is 10.8 Å². The molecule has 0 bridgehead atoms. The molecule has 208 valence electrons. The highest BCUT2D eigenvalue weighted by atomic mass is 33.1. The van der Waals surface area contributed by atoms with Gasteiger partial charge in [-0.25, -0.2) is 4.98 Å². The van der Waals surface area contributed by atoms with Crippen LogP contribution in [0.1, 0.15) is 48.0 Å². The lowest BCUT2D eigenvalue weighted by Gasteiger charge is -2.42. The van der Waals surface area contributed by atoms with Crippen molar-refractivity contribution in [1.82, 2.24) is 14.8 Å². The smallest absolute Gasteiger partial charge is 0.232 e. The van der Waals surface area contributed by atoms with Gasteiger partial charge in [-0.3, -0.25) is 9.59 Å². The molecule has 0 saturated carbocycles. The van der Waals surface area contributed by atoms with Crippen LogP contribution in [0.5, 0.6) is 0 Å². The minimum Gasteiger partial charge on any atom is -0.381 e. The number of pyridine rings is 1. The number of aromatic nitrogens is 1. The zero-order valence-electron chi connectivity index (χ0n) is 23.5. The first kappa shape index (κ1) is 33.4. The largest absolute Gasteiger partial charge is 0.381 e. The summed E-state index contributed by atoms with van der Waals surface area (Å²) in [5.74, 6) is 1.15. The second-order valence-electron chi connectivity index (χ2n) is 11.6. The number of carbonyl (C=O) groups excluding carboxylic acids is 2. The first-order valence-corrected chi connectivity index (χ1v) is 15.8. The van der Waals surface area contributed by atoms with Crippen LogP contribution in [0.3, 0.4) is 0 Å². The Kier molecular flexibility index (Phi) is 13.4. The third kappa shape index (κ3) is 11.4. The molecule has 12 heteroatoms. The molecule has 3 heterocycles. The Hall–Kier alpha value is -0.810. The SMILES string of the molecule is [B]C1CN(C(=O)CCSSc2ccccn2)CC(C(C)(C)C)O1.[B]C1CN(C(=O)CS)CC(C(C)(C)C)O1. The van der Waals surface area contributed by atoms with Crippen LogP contribution in [0.4, 0.5) is 0 Å². The van der Waals surface area contributed by atoms with Crippen molar-refractivity contribution in [2.24, 2.45) is 10.8 Å². The van der Waals surface area contributed by atoms with E-state index in [1.807, 2.05) is 23.1 Å². The van der Waals surface area contributed by atoms with Crippen LogP contribution in [0.15, 0.2) is 29.4 Å². The van der Waals surface area contributed by atoms with Crippen LogP contribution in [-0.2, 0) is 19.1 Å². The van der Waals surface area contributed by atoms with Crippen LogP contribution in [0.25, 0.3) is 0 Å². The topological polar surface area (TPSA) is 72.0 Å². The van der Waals surface area contributed by atoms with Gasteiger partial charge < -0.3 is 19.3 Å². The van der Waals surface area contributed by atoms with Gasteiger partial charge >= 0.3 is 0 Å². The number of nitrogens with zero attached hydrogens (tertiary/aromatic N) is 3. The van der Waals surface area contributed by atoms with E-state index in [1.165, 1.54) is 0 Å². The van der Waals surface area contributed by atoms with Crippen molar-refractivity contribution in [3.8, 4) is 0 Å². The van der Waals surface area contributed by atoms with Crippen molar-refractivity contribution in [3.05, 3.63) is 24.4 Å². The van der Waals surface area contributed by atoms with Gasteiger partial charge in [0.05, 0.1) is 18.0 Å². The van der Waals surface area contributed by atoms with E-state index in [0.29, 0.717) is 32.6 Å². The molecule has 2 aliphatic rings. The number of amides is 2. The van der Waals surface area contributed by atoms with E-state index in [0.717, 1.165) is 10.8 Å². The van der Waals surface area contributed by atoms with Gasteiger partial charge in [0, 0.05) is 56.6 Å². The molecule has 2 amide bonds. The van der Waals surface area contributed by atoms with Crippen LogP contribution in [-0.4, -0.2) is 104 Å². The molecule has 2 fully saturated rings. The van der Waals surface area contributed by atoms with Gasteiger partial charge in [-0.2, -0.15) is 12.6 Å². The quantitative estimate of drug-likeness (QED) is 0.240. The lowest BCUT2D eigenvalue weighted by Crippen LogP contribution is -2.54. The molecular weight excluding hydrogens is 536 g/mol. The second-order valence-corrected chi connectivity index (χ2v) is 14.4. The van der Waals surface area contributed by atoms with Crippen molar-refractivity contribution in [3.63, 3.8) is 0 Å². The van der Waals surface area contributed by atoms with Gasteiger partial charge in [0.25, 0.3) is 0 Å². The highest BCUT2D eigenvalue weighted by Crippen LogP contribution is 2.31. The molecule has 4 unspecified atom stereocenters. The summed E-state index contributed by atoms with van der Waals surface area (Å²) < 4.78 is 11.4. The zero-order valence-corrected chi connectivity index (χ0v) is 26.0. The maximum atomic E-state index is 12.4. The minimum atomic E-state index is -0.396. The van der Waals surface area contributed by atoms with E-state index in [4.69, 9.17) is 25.2 Å². The summed E-state index contributed by atoms with van der Waals surface area (Å²) in [6, 6.07) is 5.04. The molecule has 0 aromatic carbocycles. The maximum Gasteiger partial charge on any atom is 0.232 e. The van der Waals surface area contributed by atoms with Gasteiger partial charge in [-0.05, 0) is 33.8 Å². The fraction of sp³-hybridized carbons (Fsp3) is 0.731. The van der Waals surface area contributed by atoms with E-state index in [-0.39, 0.29) is 46.6 Å². The molecule has 0 spiro atoms. The minimum absolute atomic E-state index is 0.00678. The average Bonchev–Trinajstić information content (AvgIpc) is 2.85. The summed E-state index contributed by atoms with van der Waals surface area (Å²) in [7, 11) is 15.0. The molecular formula is C26H41B2N3O4S3. The third-order valence-electron chi connectivity index (χ3n) is 6.21. The van der Waals surface area contributed by atoms with E-state index < -0.39 is 6.00 Å². The number of carbonyl (C=O) groups is 2. The summed E-state index contributed by atoms with van der Waals surface area (Å²) in [5.41, 5.74) is -0.0344. The van der Waals surface area contributed by atoms with Gasteiger partial charge in [0.1, 0.15) is 20.7 Å². The Morgan fingerprint density at radius 1 is 0.947 bits per heavy atom.